The molecule has 0 unspecified atom stereocenters. The number of carbonyl (C=O) groups is 1. The number of halogens is 3. The zero-order valence-corrected chi connectivity index (χ0v) is 13.7. The fourth-order valence-electron chi connectivity index (χ4n) is 2.00. The number of amides is 1. The van der Waals surface area contributed by atoms with Crippen molar-refractivity contribution in [1.29, 1.82) is 0 Å². The first-order valence-electron chi connectivity index (χ1n) is 7.24. The Morgan fingerprint density at radius 1 is 0.960 bits per heavy atom. The molecule has 0 radical (unpaired) electrons. The second kappa shape index (κ2) is 8.13. The van der Waals surface area contributed by atoms with Crippen molar-refractivity contribution in [2.24, 2.45) is 0 Å². The summed E-state index contributed by atoms with van der Waals surface area (Å²) in [5, 5.41) is 2.50. The Morgan fingerprint density at radius 3 is 2.28 bits per heavy atom. The van der Waals surface area contributed by atoms with Crippen molar-refractivity contribution in [3.8, 4) is 0 Å². The quantitative estimate of drug-likeness (QED) is 0.727. The van der Waals surface area contributed by atoms with Gasteiger partial charge in [-0.1, -0.05) is 30.3 Å². The largest absolute Gasteiger partial charge is 0.355 e. The number of hydrogen-bond donors (Lipinski definition) is 2. The standard InChI is InChI=1S/C16H15F3N2O3S/c17-12-8-14(19)15(9-13(12)18)25(23,24)21-10-16(22)20-7-6-11-4-2-1-3-5-11/h1-5,8-9,21H,6-7,10H2,(H,20,22). The third-order valence-electron chi connectivity index (χ3n) is 3.27. The highest BCUT2D eigenvalue weighted by molar-refractivity contribution is 7.89. The summed E-state index contributed by atoms with van der Waals surface area (Å²) in [6.45, 7) is -0.375. The van der Waals surface area contributed by atoms with Crippen LogP contribution < -0.4 is 10.0 Å². The lowest BCUT2D eigenvalue weighted by Crippen LogP contribution is -2.38. The first kappa shape index (κ1) is 18.9. The summed E-state index contributed by atoms with van der Waals surface area (Å²) in [6, 6.07) is 9.66. The maximum atomic E-state index is 13.5. The highest BCUT2D eigenvalue weighted by atomic mass is 32.2. The molecular formula is C16H15F3N2O3S. The molecule has 0 aromatic heterocycles. The van der Waals surface area contributed by atoms with Crippen LogP contribution in [-0.4, -0.2) is 27.4 Å². The van der Waals surface area contributed by atoms with E-state index in [1.807, 2.05) is 35.1 Å². The Balaban J connectivity index is 1.89. The molecule has 0 fully saturated rings. The number of hydrogen-bond acceptors (Lipinski definition) is 3. The first-order chi connectivity index (χ1) is 11.8. The van der Waals surface area contributed by atoms with Crippen LogP contribution in [0, 0.1) is 17.5 Å². The number of nitrogens with one attached hydrogen (secondary N) is 2. The molecule has 2 N–H and O–H groups in total. The fraction of sp³-hybridized carbons (Fsp3) is 0.188. The van der Waals surface area contributed by atoms with Gasteiger partial charge in [0.15, 0.2) is 11.6 Å². The van der Waals surface area contributed by atoms with Crippen molar-refractivity contribution in [2.75, 3.05) is 13.1 Å². The van der Waals surface area contributed by atoms with Crippen LogP contribution in [0.1, 0.15) is 5.56 Å². The van der Waals surface area contributed by atoms with Gasteiger partial charge >= 0.3 is 0 Å². The maximum Gasteiger partial charge on any atom is 0.244 e. The third kappa shape index (κ3) is 5.30. The van der Waals surface area contributed by atoms with E-state index in [0.717, 1.165) is 5.56 Å². The number of benzene rings is 2. The zero-order chi connectivity index (χ0) is 18.4. The zero-order valence-electron chi connectivity index (χ0n) is 12.9. The van der Waals surface area contributed by atoms with Crippen molar-refractivity contribution in [1.82, 2.24) is 10.0 Å². The van der Waals surface area contributed by atoms with Gasteiger partial charge in [0.2, 0.25) is 15.9 Å². The lowest BCUT2D eigenvalue weighted by atomic mass is 10.1. The Hall–Kier alpha value is -2.39. The van der Waals surface area contributed by atoms with Gasteiger partial charge in [0.25, 0.3) is 0 Å². The molecule has 0 saturated heterocycles. The molecule has 0 bridgehead atoms. The van der Waals surface area contributed by atoms with Gasteiger partial charge in [-0.05, 0) is 18.1 Å². The Kier molecular flexibility index (Phi) is 6.16. The smallest absolute Gasteiger partial charge is 0.244 e. The van der Waals surface area contributed by atoms with Gasteiger partial charge in [0.1, 0.15) is 10.7 Å². The predicted molar refractivity (Wildman–Crippen MR) is 84.7 cm³/mol. The van der Waals surface area contributed by atoms with E-state index in [2.05, 4.69) is 5.32 Å². The minimum Gasteiger partial charge on any atom is -0.355 e. The number of sulfonamides is 1. The lowest BCUT2D eigenvalue weighted by Gasteiger charge is -2.09. The fourth-order valence-corrected chi connectivity index (χ4v) is 3.05. The van der Waals surface area contributed by atoms with Gasteiger partial charge in [0.05, 0.1) is 6.54 Å². The maximum absolute atomic E-state index is 13.5. The van der Waals surface area contributed by atoms with Crippen LogP contribution in [0.15, 0.2) is 47.4 Å². The number of rotatable bonds is 7. The topological polar surface area (TPSA) is 75.3 Å². The third-order valence-corrected chi connectivity index (χ3v) is 4.68. The molecule has 0 spiro atoms. The molecule has 2 aromatic rings. The first-order valence-corrected chi connectivity index (χ1v) is 8.73. The highest BCUT2D eigenvalue weighted by Crippen LogP contribution is 2.18. The second-order valence-corrected chi connectivity index (χ2v) is 6.84. The average Bonchev–Trinajstić information content (AvgIpc) is 2.57. The van der Waals surface area contributed by atoms with Crippen LogP contribution in [-0.2, 0) is 21.2 Å². The summed E-state index contributed by atoms with van der Waals surface area (Å²) in [6.07, 6.45) is 0.553. The van der Waals surface area contributed by atoms with Crippen LogP contribution in [0.5, 0.6) is 0 Å². The average molecular weight is 372 g/mol. The highest BCUT2D eigenvalue weighted by Gasteiger charge is 2.22. The predicted octanol–water partition coefficient (Wildman–Crippen LogP) is 1.74. The Morgan fingerprint density at radius 2 is 1.60 bits per heavy atom. The van der Waals surface area contributed by atoms with Gasteiger partial charge in [-0.3, -0.25) is 4.79 Å². The molecule has 9 heteroatoms. The molecule has 2 rings (SSSR count). The minimum atomic E-state index is -4.49. The number of carbonyl (C=O) groups excluding carboxylic acids is 1. The molecule has 0 aliphatic heterocycles. The summed E-state index contributed by atoms with van der Waals surface area (Å²) >= 11 is 0. The minimum absolute atomic E-state index is 0.129. The lowest BCUT2D eigenvalue weighted by molar-refractivity contribution is -0.119. The summed E-state index contributed by atoms with van der Waals surface area (Å²) in [5.41, 5.74) is 0.993. The molecule has 134 valence electrons. The van der Waals surface area contributed by atoms with E-state index >= 15 is 0 Å². The van der Waals surface area contributed by atoms with Gasteiger partial charge in [-0.2, -0.15) is 0 Å². The van der Waals surface area contributed by atoms with Crippen molar-refractivity contribution in [3.05, 3.63) is 65.5 Å². The second-order valence-electron chi connectivity index (χ2n) is 5.11. The summed E-state index contributed by atoms with van der Waals surface area (Å²) in [4.78, 5) is 10.6. The van der Waals surface area contributed by atoms with E-state index in [1.165, 1.54) is 0 Å². The van der Waals surface area contributed by atoms with E-state index in [1.54, 1.807) is 0 Å². The van der Waals surface area contributed by atoms with Crippen molar-refractivity contribution in [3.63, 3.8) is 0 Å². The van der Waals surface area contributed by atoms with E-state index < -0.39 is 44.8 Å². The molecule has 0 aliphatic rings. The molecule has 25 heavy (non-hydrogen) atoms. The monoisotopic (exact) mass is 372 g/mol. The van der Waals surface area contributed by atoms with Crippen LogP contribution in [0.3, 0.4) is 0 Å². The van der Waals surface area contributed by atoms with E-state index in [9.17, 15) is 26.4 Å². The van der Waals surface area contributed by atoms with Crippen LogP contribution >= 0.6 is 0 Å². The van der Waals surface area contributed by atoms with Gasteiger partial charge < -0.3 is 5.32 Å². The van der Waals surface area contributed by atoms with Gasteiger partial charge in [-0.15, -0.1) is 0 Å². The van der Waals surface area contributed by atoms with Crippen molar-refractivity contribution < 1.29 is 26.4 Å². The van der Waals surface area contributed by atoms with Gasteiger partial charge in [-0.25, -0.2) is 26.3 Å². The molecule has 0 saturated carbocycles. The molecule has 1 amide bonds. The van der Waals surface area contributed by atoms with Crippen LogP contribution in [0.2, 0.25) is 0 Å². The normalized spacial score (nSPS) is 11.3. The van der Waals surface area contributed by atoms with E-state index in [-0.39, 0.29) is 18.7 Å². The molecule has 0 atom stereocenters. The summed E-state index contributed by atoms with van der Waals surface area (Å²) in [5.74, 6) is -5.09. The van der Waals surface area contributed by atoms with Crippen molar-refractivity contribution in [2.45, 2.75) is 11.3 Å². The van der Waals surface area contributed by atoms with Crippen molar-refractivity contribution >= 4 is 15.9 Å². The Bertz CT molecular complexity index is 858. The molecule has 0 heterocycles. The van der Waals surface area contributed by atoms with Gasteiger partial charge in [0, 0.05) is 12.6 Å². The Labute approximate surface area is 142 Å². The van der Waals surface area contributed by atoms with Crippen LogP contribution in [0.4, 0.5) is 13.2 Å². The molecule has 5 nitrogen and oxygen atoms in total. The molecular weight excluding hydrogens is 357 g/mol. The van der Waals surface area contributed by atoms with E-state index in [4.69, 9.17) is 0 Å². The summed E-state index contributed by atoms with van der Waals surface area (Å²) in [7, 11) is -4.49. The SMILES string of the molecule is O=C(CNS(=O)(=O)c1cc(F)c(F)cc1F)NCCc1ccccc1. The van der Waals surface area contributed by atoms with E-state index in [0.29, 0.717) is 6.42 Å². The molecule has 0 aliphatic carbocycles. The van der Waals surface area contributed by atoms with Crippen LogP contribution in [0.25, 0.3) is 0 Å². The summed E-state index contributed by atoms with van der Waals surface area (Å²) < 4.78 is 65.1. The molecule has 2 aromatic carbocycles.